The zero-order valence-electron chi connectivity index (χ0n) is 9.38. The van der Waals surface area contributed by atoms with Crippen molar-refractivity contribution in [1.29, 1.82) is 0 Å². The molecular weight excluding hydrogens is 306 g/mol. The average molecular weight is 316 g/mol. The smallest absolute Gasteiger partial charge is 0.337 e. The summed E-state index contributed by atoms with van der Waals surface area (Å²) in [6.07, 6.45) is 0. The first kappa shape index (κ1) is 14.2. The van der Waals surface area contributed by atoms with Crippen LogP contribution >= 0.6 is 15.9 Å². The van der Waals surface area contributed by atoms with E-state index in [0.717, 1.165) is 4.90 Å². The van der Waals surface area contributed by atoms with E-state index >= 15 is 0 Å². The van der Waals surface area contributed by atoms with Gasteiger partial charge >= 0.3 is 11.9 Å². The van der Waals surface area contributed by atoms with E-state index in [2.05, 4.69) is 15.9 Å². The zero-order chi connectivity index (χ0) is 13.9. The molecule has 0 saturated carbocycles. The van der Waals surface area contributed by atoms with Crippen LogP contribution in [-0.4, -0.2) is 34.6 Å². The van der Waals surface area contributed by atoms with Gasteiger partial charge in [-0.2, -0.15) is 0 Å². The minimum atomic E-state index is -1.23. The first-order chi connectivity index (χ1) is 8.32. The van der Waals surface area contributed by atoms with Crippen LogP contribution in [0.1, 0.15) is 17.3 Å². The van der Waals surface area contributed by atoms with E-state index in [0.29, 0.717) is 4.47 Å². The van der Waals surface area contributed by atoms with Gasteiger partial charge < -0.3 is 15.1 Å². The van der Waals surface area contributed by atoms with Crippen molar-refractivity contribution in [2.45, 2.75) is 6.92 Å². The van der Waals surface area contributed by atoms with Gasteiger partial charge in [0.2, 0.25) is 5.91 Å². The van der Waals surface area contributed by atoms with Crippen molar-refractivity contribution in [1.82, 2.24) is 0 Å². The number of nitrogens with zero attached hydrogens (tertiary/aromatic N) is 1. The minimum Gasteiger partial charge on any atom is -0.480 e. The van der Waals surface area contributed by atoms with Crippen molar-refractivity contribution < 1.29 is 24.6 Å². The molecule has 2 N–H and O–H groups in total. The molecule has 0 fully saturated rings. The summed E-state index contributed by atoms with van der Waals surface area (Å²) in [7, 11) is 0. The number of benzene rings is 1. The molecule has 0 aliphatic carbocycles. The van der Waals surface area contributed by atoms with Gasteiger partial charge in [-0.05, 0) is 18.2 Å². The standard InChI is InChI=1S/C11H10BrNO5/c1-6(14)13(5-10(15)16)9-3-2-7(12)4-8(9)11(17)18/h2-4H,5H2,1H3,(H,15,16)(H,17,18). The van der Waals surface area contributed by atoms with Crippen LogP contribution in [0.2, 0.25) is 0 Å². The van der Waals surface area contributed by atoms with Gasteiger partial charge in [0.15, 0.2) is 0 Å². The predicted octanol–water partition coefficient (Wildman–Crippen LogP) is 1.58. The first-order valence-corrected chi connectivity index (χ1v) is 5.65. The number of aliphatic carboxylic acids is 1. The molecule has 1 amide bonds. The zero-order valence-corrected chi connectivity index (χ0v) is 11.0. The second-order valence-corrected chi connectivity index (χ2v) is 4.38. The maximum Gasteiger partial charge on any atom is 0.337 e. The number of amides is 1. The first-order valence-electron chi connectivity index (χ1n) is 4.85. The Morgan fingerprint density at radius 2 is 1.89 bits per heavy atom. The van der Waals surface area contributed by atoms with Crippen LogP contribution in [0.4, 0.5) is 5.69 Å². The molecular formula is C11H10BrNO5. The summed E-state index contributed by atoms with van der Waals surface area (Å²) in [5, 5.41) is 17.8. The lowest BCUT2D eigenvalue weighted by molar-refractivity contribution is -0.136. The van der Waals surface area contributed by atoms with E-state index in [1.54, 1.807) is 6.07 Å². The van der Waals surface area contributed by atoms with Gasteiger partial charge in [0, 0.05) is 11.4 Å². The molecule has 0 aromatic heterocycles. The van der Waals surface area contributed by atoms with Gasteiger partial charge in [-0.25, -0.2) is 4.79 Å². The summed E-state index contributed by atoms with van der Waals surface area (Å²) in [6, 6.07) is 4.24. The maximum absolute atomic E-state index is 11.4. The van der Waals surface area contributed by atoms with Gasteiger partial charge in [-0.15, -0.1) is 0 Å². The van der Waals surface area contributed by atoms with Gasteiger partial charge in [0.05, 0.1) is 11.3 Å². The van der Waals surface area contributed by atoms with Crippen LogP contribution in [0.25, 0.3) is 0 Å². The second-order valence-electron chi connectivity index (χ2n) is 3.47. The van der Waals surface area contributed by atoms with E-state index in [4.69, 9.17) is 10.2 Å². The van der Waals surface area contributed by atoms with Crippen molar-refractivity contribution in [2.75, 3.05) is 11.4 Å². The molecule has 0 unspecified atom stereocenters. The predicted molar refractivity (Wildman–Crippen MR) is 66.8 cm³/mol. The number of rotatable bonds is 4. The molecule has 96 valence electrons. The van der Waals surface area contributed by atoms with Crippen LogP contribution in [-0.2, 0) is 9.59 Å². The molecule has 6 nitrogen and oxygen atoms in total. The van der Waals surface area contributed by atoms with Crippen molar-refractivity contribution in [3.63, 3.8) is 0 Å². The summed E-state index contributed by atoms with van der Waals surface area (Å²) in [6.45, 7) is 0.591. The molecule has 0 aliphatic heterocycles. The van der Waals surface area contributed by atoms with E-state index < -0.39 is 24.4 Å². The second kappa shape index (κ2) is 5.63. The molecule has 0 saturated heterocycles. The fourth-order valence-electron chi connectivity index (χ4n) is 1.42. The maximum atomic E-state index is 11.4. The molecule has 1 rings (SSSR count). The van der Waals surface area contributed by atoms with Gasteiger partial charge in [0.25, 0.3) is 0 Å². The third kappa shape index (κ3) is 3.30. The number of carboxylic acids is 2. The van der Waals surface area contributed by atoms with Crippen LogP contribution in [0, 0.1) is 0 Å². The molecule has 0 atom stereocenters. The monoisotopic (exact) mass is 315 g/mol. The van der Waals surface area contributed by atoms with Crippen LogP contribution in [0.5, 0.6) is 0 Å². The van der Waals surface area contributed by atoms with Crippen LogP contribution in [0.15, 0.2) is 22.7 Å². The largest absolute Gasteiger partial charge is 0.480 e. The van der Waals surface area contributed by atoms with E-state index in [1.165, 1.54) is 19.1 Å². The molecule has 0 spiro atoms. The Balaban J connectivity index is 3.31. The number of carboxylic acid groups (broad SMARTS) is 2. The quantitative estimate of drug-likeness (QED) is 0.879. The van der Waals surface area contributed by atoms with Crippen molar-refractivity contribution in [3.05, 3.63) is 28.2 Å². The fourth-order valence-corrected chi connectivity index (χ4v) is 1.78. The Morgan fingerprint density at radius 3 is 2.33 bits per heavy atom. The summed E-state index contributed by atoms with van der Waals surface area (Å²) in [4.78, 5) is 34.1. The molecule has 18 heavy (non-hydrogen) atoms. The van der Waals surface area contributed by atoms with Crippen LogP contribution in [0.3, 0.4) is 0 Å². The number of halogens is 1. The van der Waals surface area contributed by atoms with Gasteiger partial charge in [0.1, 0.15) is 6.54 Å². The molecule has 0 radical (unpaired) electrons. The minimum absolute atomic E-state index is 0.0561. The highest BCUT2D eigenvalue weighted by Crippen LogP contribution is 2.25. The Labute approximate surface area is 111 Å². The molecule has 0 heterocycles. The summed E-state index contributed by atoms with van der Waals surface area (Å²) >= 11 is 3.12. The molecule has 0 aliphatic rings. The normalized spacial score (nSPS) is 9.89. The Morgan fingerprint density at radius 1 is 1.28 bits per heavy atom. The van der Waals surface area contributed by atoms with Gasteiger partial charge in [-0.1, -0.05) is 15.9 Å². The van der Waals surface area contributed by atoms with Crippen LogP contribution < -0.4 is 4.90 Å². The number of carbonyl (C=O) groups excluding carboxylic acids is 1. The summed E-state index contributed by atoms with van der Waals surface area (Å²) in [5.41, 5.74) is -0.0820. The highest BCUT2D eigenvalue weighted by atomic mass is 79.9. The molecule has 7 heteroatoms. The third-order valence-electron chi connectivity index (χ3n) is 2.15. The van der Waals surface area contributed by atoms with Crippen molar-refractivity contribution in [2.24, 2.45) is 0 Å². The third-order valence-corrected chi connectivity index (χ3v) is 2.65. The number of hydrogen-bond donors (Lipinski definition) is 2. The van der Waals surface area contributed by atoms with E-state index in [1.807, 2.05) is 0 Å². The van der Waals surface area contributed by atoms with E-state index in [-0.39, 0.29) is 11.3 Å². The SMILES string of the molecule is CC(=O)N(CC(=O)O)c1ccc(Br)cc1C(=O)O. The number of aromatic carboxylic acids is 1. The molecule has 1 aromatic carbocycles. The topological polar surface area (TPSA) is 94.9 Å². The highest BCUT2D eigenvalue weighted by Gasteiger charge is 2.21. The number of anilines is 1. The lowest BCUT2D eigenvalue weighted by atomic mass is 10.1. The Kier molecular flexibility index (Phi) is 4.43. The summed E-state index contributed by atoms with van der Waals surface area (Å²) < 4.78 is 0.530. The van der Waals surface area contributed by atoms with Crippen molar-refractivity contribution >= 4 is 39.5 Å². The number of carbonyl (C=O) groups is 3. The van der Waals surface area contributed by atoms with Gasteiger partial charge in [-0.3, -0.25) is 9.59 Å². The van der Waals surface area contributed by atoms with Crippen molar-refractivity contribution in [3.8, 4) is 0 Å². The Hall–Kier alpha value is -1.89. The summed E-state index contributed by atoms with van der Waals surface area (Å²) in [5.74, 6) is -2.99. The fraction of sp³-hybridized carbons (Fsp3) is 0.182. The van der Waals surface area contributed by atoms with E-state index in [9.17, 15) is 14.4 Å². The molecule has 1 aromatic rings. The Bertz CT molecular complexity index is 514. The highest BCUT2D eigenvalue weighted by molar-refractivity contribution is 9.10. The number of hydrogen-bond acceptors (Lipinski definition) is 3. The lowest BCUT2D eigenvalue weighted by Gasteiger charge is -2.20. The lowest BCUT2D eigenvalue weighted by Crippen LogP contribution is -2.35. The average Bonchev–Trinajstić information content (AvgIpc) is 2.25. The molecule has 0 bridgehead atoms.